The number of benzene rings is 1. The molecule has 2 aliphatic carbocycles. The van der Waals surface area contributed by atoms with E-state index >= 15 is 0 Å². The van der Waals surface area contributed by atoms with Crippen LogP contribution >= 0.6 is 0 Å². The van der Waals surface area contributed by atoms with Crippen LogP contribution in [0.2, 0.25) is 0 Å². The van der Waals surface area contributed by atoms with Gasteiger partial charge < -0.3 is 15.2 Å². The lowest BCUT2D eigenvalue weighted by molar-refractivity contribution is -0.115. The summed E-state index contributed by atoms with van der Waals surface area (Å²) < 4.78 is 11.6. The first-order chi connectivity index (χ1) is 13.3. The topological polar surface area (TPSA) is 85.3 Å². The second kappa shape index (κ2) is 7.44. The maximum absolute atomic E-state index is 11.8. The van der Waals surface area contributed by atoms with Gasteiger partial charge in [0.15, 0.2) is 5.60 Å². The molecule has 1 unspecified atom stereocenters. The third-order valence-electron chi connectivity index (χ3n) is 5.94. The Kier molecular flexibility index (Phi) is 5.36. The van der Waals surface area contributed by atoms with Crippen LogP contribution in [-0.2, 0) is 25.3 Å². The molecule has 0 aromatic heterocycles. The van der Waals surface area contributed by atoms with E-state index in [4.69, 9.17) is 15.2 Å². The quantitative estimate of drug-likeness (QED) is 0.776. The van der Waals surface area contributed by atoms with Crippen molar-refractivity contribution in [2.24, 2.45) is 5.73 Å². The van der Waals surface area contributed by atoms with Gasteiger partial charge in [-0.3, -0.25) is 4.79 Å². The predicted molar refractivity (Wildman–Crippen MR) is 107 cm³/mol. The Hall–Kier alpha value is -2.58. The van der Waals surface area contributed by atoms with Gasteiger partial charge in [-0.25, -0.2) is 0 Å². The van der Waals surface area contributed by atoms with Gasteiger partial charge in [0, 0.05) is 30.9 Å². The molecule has 1 amide bonds. The van der Waals surface area contributed by atoms with Gasteiger partial charge in [0.1, 0.15) is 5.76 Å². The summed E-state index contributed by atoms with van der Waals surface area (Å²) in [7, 11) is 3.23. The van der Waals surface area contributed by atoms with E-state index < -0.39 is 11.5 Å². The highest BCUT2D eigenvalue weighted by molar-refractivity contribution is 5.93. The number of hydrogen-bond donors (Lipinski definition) is 1. The molecule has 3 rings (SSSR count). The molecule has 148 valence electrons. The smallest absolute Gasteiger partial charge is 0.244 e. The highest BCUT2D eigenvalue weighted by atomic mass is 16.5. The van der Waals surface area contributed by atoms with Crippen LogP contribution in [0.1, 0.15) is 62.1 Å². The first kappa shape index (κ1) is 20.2. The van der Waals surface area contributed by atoms with Crippen LogP contribution in [0.25, 0.3) is 0 Å². The number of nitrogens with two attached hydrogens (primary N) is 1. The zero-order valence-electron chi connectivity index (χ0n) is 17.0. The van der Waals surface area contributed by atoms with Crippen molar-refractivity contribution in [3.05, 3.63) is 58.4 Å². The summed E-state index contributed by atoms with van der Waals surface area (Å²) in [6.07, 6.45) is 6.54. The van der Waals surface area contributed by atoms with Crippen LogP contribution in [0, 0.1) is 11.3 Å². The van der Waals surface area contributed by atoms with Crippen LogP contribution in [0.3, 0.4) is 0 Å². The van der Waals surface area contributed by atoms with Crippen LogP contribution in [0.5, 0.6) is 0 Å². The highest BCUT2D eigenvalue weighted by Gasteiger charge is 2.43. The average Bonchev–Trinajstić information content (AvgIpc) is 3.52. The van der Waals surface area contributed by atoms with Crippen molar-refractivity contribution in [3.8, 4) is 6.07 Å². The Morgan fingerprint density at radius 3 is 2.57 bits per heavy atom. The van der Waals surface area contributed by atoms with Gasteiger partial charge in [0.25, 0.3) is 0 Å². The summed E-state index contributed by atoms with van der Waals surface area (Å²) in [6.45, 7) is 4.22. The summed E-state index contributed by atoms with van der Waals surface area (Å²) >= 11 is 0. The Morgan fingerprint density at radius 1 is 1.32 bits per heavy atom. The number of hydrogen-bond acceptors (Lipinski definition) is 4. The lowest BCUT2D eigenvalue weighted by Crippen LogP contribution is -2.36. The van der Waals surface area contributed by atoms with Crippen LogP contribution in [0.15, 0.2) is 41.7 Å². The lowest BCUT2D eigenvalue weighted by Gasteiger charge is -2.37. The maximum atomic E-state index is 11.8. The molecule has 0 saturated heterocycles. The number of carbonyl (C=O) groups excluding carboxylic acids is 1. The molecule has 0 heterocycles. The minimum Gasteiger partial charge on any atom is -0.498 e. The van der Waals surface area contributed by atoms with Crippen molar-refractivity contribution < 1.29 is 14.3 Å². The first-order valence-corrected chi connectivity index (χ1v) is 9.61. The fourth-order valence-corrected chi connectivity index (χ4v) is 4.12. The van der Waals surface area contributed by atoms with E-state index in [1.54, 1.807) is 26.4 Å². The molecule has 0 aliphatic heterocycles. The van der Waals surface area contributed by atoms with Crippen molar-refractivity contribution in [3.63, 3.8) is 0 Å². The van der Waals surface area contributed by atoms with Crippen molar-refractivity contribution >= 4 is 5.91 Å². The number of amides is 1. The molecule has 1 saturated carbocycles. The summed E-state index contributed by atoms with van der Waals surface area (Å²) in [6, 6.07) is 8.62. The third kappa shape index (κ3) is 3.45. The standard InChI is InChI=1S/C23H28N2O3/c1-22(2,11-12-24)19-9-8-17(13-18(19)15-5-6-15)23(28-4)14-16(21(25)26)7-10-20(23)27-3/h7-10,13,15H,5-6,11,14H2,1-4H3,(H2,25,26). The van der Waals surface area contributed by atoms with E-state index in [2.05, 4.69) is 32.0 Å². The van der Waals surface area contributed by atoms with Gasteiger partial charge in [0.05, 0.1) is 13.2 Å². The molecular formula is C23H28N2O3. The summed E-state index contributed by atoms with van der Waals surface area (Å²) in [5, 5.41) is 9.25. The number of nitrogens with zero attached hydrogens (tertiary/aromatic N) is 1. The first-order valence-electron chi connectivity index (χ1n) is 9.61. The fraction of sp³-hybridized carbons (Fsp3) is 0.478. The summed E-state index contributed by atoms with van der Waals surface area (Å²) in [4.78, 5) is 11.8. The Bertz CT molecular complexity index is 888. The number of primary amides is 1. The highest BCUT2D eigenvalue weighted by Crippen LogP contribution is 2.49. The molecular weight excluding hydrogens is 352 g/mol. The molecule has 28 heavy (non-hydrogen) atoms. The van der Waals surface area contributed by atoms with Crippen molar-refractivity contribution in [1.82, 2.24) is 0 Å². The van der Waals surface area contributed by atoms with Crippen LogP contribution < -0.4 is 5.73 Å². The van der Waals surface area contributed by atoms with E-state index in [0.717, 1.165) is 18.4 Å². The maximum Gasteiger partial charge on any atom is 0.244 e. The van der Waals surface area contributed by atoms with Crippen LogP contribution in [0.4, 0.5) is 0 Å². The number of carbonyl (C=O) groups is 1. The fourth-order valence-electron chi connectivity index (χ4n) is 4.12. The van der Waals surface area contributed by atoms with Crippen molar-refractivity contribution in [1.29, 1.82) is 5.26 Å². The Morgan fingerprint density at radius 2 is 2.04 bits per heavy atom. The summed E-state index contributed by atoms with van der Waals surface area (Å²) in [5.41, 5.74) is 8.34. The molecule has 0 bridgehead atoms. The minimum absolute atomic E-state index is 0.226. The van der Waals surface area contributed by atoms with Gasteiger partial charge in [0.2, 0.25) is 5.91 Å². The van der Waals surface area contributed by atoms with Crippen molar-refractivity contribution in [2.75, 3.05) is 14.2 Å². The monoisotopic (exact) mass is 380 g/mol. The molecule has 1 fully saturated rings. The molecule has 1 aromatic rings. The zero-order valence-corrected chi connectivity index (χ0v) is 17.0. The van der Waals surface area contributed by atoms with Crippen LogP contribution in [-0.4, -0.2) is 20.1 Å². The predicted octanol–water partition coefficient (Wildman–Crippen LogP) is 3.94. The third-order valence-corrected chi connectivity index (χ3v) is 5.94. The number of rotatable bonds is 7. The second-order valence-corrected chi connectivity index (χ2v) is 8.29. The molecule has 1 aromatic carbocycles. The number of nitriles is 1. The van der Waals surface area contributed by atoms with Gasteiger partial charge in [-0.05, 0) is 47.6 Å². The van der Waals surface area contributed by atoms with E-state index in [-0.39, 0.29) is 5.41 Å². The number of ether oxygens (including phenoxy) is 2. The Labute approximate surface area is 166 Å². The van der Waals surface area contributed by atoms with E-state index in [1.165, 1.54) is 11.1 Å². The zero-order chi connectivity index (χ0) is 20.5. The van der Waals surface area contributed by atoms with E-state index in [9.17, 15) is 10.1 Å². The van der Waals surface area contributed by atoms with Gasteiger partial charge in [-0.1, -0.05) is 32.0 Å². The molecule has 5 nitrogen and oxygen atoms in total. The van der Waals surface area contributed by atoms with Gasteiger partial charge in [-0.15, -0.1) is 0 Å². The van der Waals surface area contributed by atoms with E-state index in [0.29, 0.717) is 30.1 Å². The summed E-state index contributed by atoms with van der Waals surface area (Å²) in [5.74, 6) is 0.694. The second-order valence-electron chi connectivity index (χ2n) is 8.29. The lowest BCUT2D eigenvalue weighted by atomic mass is 9.75. The number of methoxy groups -OCH3 is 2. The minimum atomic E-state index is -0.893. The molecule has 0 spiro atoms. The Balaban J connectivity index is 2.13. The molecule has 2 N–H and O–H groups in total. The molecule has 5 heteroatoms. The average molecular weight is 380 g/mol. The SMILES string of the molecule is COC1=CC=C(C(N)=O)CC1(OC)c1ccc(C(C)(C)CC#N)c(C2CC2)c1. The van der Waals surface area contributed by atoms with Gasteiger partial charge >= 0.3 is 0 Å². The van der Waals surface area contributed by atoms with Gasteiger partial charge in [-0.2, -0.15) is 5.26 Å². The molecule has 2 aliphatic rings. The molecule has 1 atom stereocenters. The van der Waals surface area contributed by atoms with E-state index in [1.807, 2.05) is 6.07 Å². The molecule has 0 radical (unpaired) electrons. The normalized spacial score (nSPS) is 22.1. The van der Waals surface area contributed by atoms with Crippen molar-refractivity contribution in [2.45, 2.75) is 56.5 Å². The number of allylic oxidation sites excluding steroid dienone is 2. The largest absolute Gasteiger partial charge is 0.498 e.